The molecule has 5 heterocycles. The van der Waals surface area contributed by atoms with Gasteiger partial charge >= 0.3 is 0 Å². The monoisotopic (exact) mass is 536 g/mol. The minimum absolute atomic E-state index is 0.0365. The molecule has 1 atom stereocenters. The van der Waals surface area contributed by atoms with Gasteiger partial charge in [-0.2, -0.15) is 15.5 Å². The fourth-order valence-corrected chi connectivity index (χ4v) is 4.88. The van der Waals surface area contributed by atoms with Crippen molar-refractivity contribution >= 4 is 22.5 Å². The molecule has 1 aliphatic rings. The number of anilines is 2. The second-order valence-corrected chi connectivity index (χ2v) is 9.70. The SMILES string of the molecule is Cc1ccc(Nc2cc3ncn(-c4ccc(CCO)c(-c5c(C#N)n[nH]c5C)n4)c3cc2O[C@@H]2CCNC2)nn1. The summed E-state index contributed by atoms with van der Waals surface area (Å²) in [5.41, 5.74) is 6.14. The van der Waals surface area contributed by atoms with Gasteiger partial charge in [-0.3, -0.25) is 9.67 Å². The number of aromatic nitrogens is 7. The molecule has 0 radical (unpaired) electrons. The predicted octanol–water partition coefficient (Wildman–Crippen LogP) is 3.11. The maximum absolute atomic E-state index is 9.66. The van der Waals surface area contributed by atoms with Crippen LogP contribution in [0.15, 0.2) is 42.7 Å². The van der Waals surface area contributed by atoms with E-state index in [9.17, 15) is 10.4 Å². The van der Waals surface area contributed by atoms with Gasteiger partial charge in [0.05, 0.1) is 33.7 Å². The van der Waals surface area contributed by atoms with E-state index in [0.29, 0.717) is 35.1 Å². The fraction of sp³-hybridized carbons (Fsp3) is 0.286. The van der Waals surface area contributed by atoms with Crippen molar-refractivity contribution in [1.29, 1.82) is 5.26 Å². The molecule has 1 aromatic carbocycles. The first-order chi connectivity index (χ1) is 19.5. The van der Waals surface area contributed by atoms with E-state index in [4.69, 9.17) is 9.72 Å². The number of ether oxygens (including phenoxy) is 1. The van der Waals surface area contributed by atoms with Crippen molar-refractivity contribution in [3.63, 3.8) is 0 Å². The molecule has 1 saturated heterocycles. The van der Waals surface area contributed by atoms with Gasteiger partial charge in [0.2, 0.25) is 0 Å². The molecular formula is C28H28N10O2. The lowest BCUT2D eigenvalue weighted by Crippen LogP contribution is -2.20. The molecule has 1 aliphatic heterocycles. The number of benzene rings is 1. The summed E-state index contributed by atoms with van der Waals surface area (Å²) in [4.78, 5) is 9.60. The van der Waals surface area contributed by atoms with Crippen LogP contribution in [0.3, 0.4) is 0 Å². The quantitative estimate of drug-likeness (QED) is 0.232. The lowest BCUT2D eigenvalue weighted by Gasteiger charge is -2.17. The summed E-state index contributed by atoms with van der Waals surface area (Å²) >= 11 is 0. The summed E-state index contributed by atoms with van der Waals surface area (Å²) in [5, 5.41) is 41.4. The van der Waals surface area contributed by atoms with Crippen molar-refractivity contribution in [2.75, 3.05) is 25.0 Å². The third kappa shape index (κ3) is 4.84. The Morgan fingerprint density at radius 3 is 2.85 bits per heavy atom. The Labute approximate surface area is 230 Å². The molecule has 0 unspecified atom stereocenters. The van der Waals surface area contributed by atoms with Gasteiger partial charge in [0.1, 0.15) is 30.1 Å². The number of hydrogen-bond donors (Lipinski definition) is 4. The highest BCUT2D eigenvalue weighted by molar-refractivity contribution is 5.86. The minimum Gasteiger partial charge on any atom is -0.487 e. The van der Waals surface area contributed by atoms with Crippen molar-refractivity contribution in [3.05, 3.63) is 65.4 Å². The fourth-order valence-electron chi connectivity index (χ4n) is 4.88. The second kappa shape index (κ2) is 10.7. The first-order valence-corrected chi connectivity index (χ1v) is 13.1. The number of imidazole rings is 1. The van der Waals surface area contributed by atoms with E-state index in [1.165, 1.54) is 0 Å². The zero-order chi connectivity index (χ0) is 27.6. The third-order valence-corrected chi connectivity index (χ3v) is 6.90. The molecule has 0 spiro atoms. The summed E-state index contributed by atoms with van der Waals surface area (Å²) < 4.78 is 8.33. The number of H-pyrrole nitrogens is 1. The minimum atomic E-state index is -0.0430. The van der Waals surface area contributed by atoms with Crippen LogP contribution in [0, 0.1) is 25.2 Å². The van der Waals surface area contributed by atoms with Crippen molar-refractivity contribution in [1.82, 2.24) is 40.2 Å². The first kappa shape index (κ1) is 25.4. The first-order valence-electron chi connectivity index (χ1n) is 13.1. The Morgan fingerprint density at radius 1 is 1.20 bits per heavy atom. The summed E-state index contributed by atoms with van der Waals surface area (Å²) in [7, 11) is 0. The van der Waals surface area contributed by atoms with Crippen molar-refractivity contribution < 1.29 is 9.84 Å². The number of rotatable bonds is 8. The van der Waals surface area contributed by atoms with Gasteiger partial charge < -0.3 is 20.5 Å². The summed E-state index contributed by atoms with van der Waals surface area (Å²) in [6.45, 7) is 5.37. The molecule has 12 nitrogen and oxygen atoms in total. The van der Waals surface area contributed by atoms with Crippen LogP contribution in [0.2, 0.25) is 0 Å². The Hall–Kier alpha value is -4.86. The average molecular weight is 537 g/mol. The number of aliphatic hydroxyl groups is 1. The van der Waals surface area contributed by atoms with Gasteiger partial charge in [0.25, 0.3) is 0 Å². The molecule has 1 fully saturated rings. The molecule has 12 heteroatoms. The molecule has 0 saturated carbocycles. The van der Waals surface area contributed by atoms with Crippen LogP contribution in [-0.2, 0) is 6.42 Å². The van der Waals surface area contributed by atoms with E-state index in [1.807, 2.05) is 54.8 Å². The number of fused-ring (bicyclic) bond motifs is 1. The Kier molecular flexibility index (Phi) is 6.81. The standard InChI is InChI=1S/C28H28N10O2/c1-16-3-5-25(37-34-16)32-21-11-20-23(12-24(21)40-19-7-9-30-14-19)38(15-31-20)26-6-4-18(8-10-39)28(33-26)27-17(2)35-36-22(27)13-29/h3-6,11-12,15,19,30,39H,7-10,14H2,1-2H3,(H,32,37)(H,35,36)/t19-/m1/s1. The number of aliphatic hydroxyl groups excluding tert-OH is 1. The number of hydrogen-bond acceptors (Lipinski definition) is 10. The van der Waals surface area contributed by atoms with Crippen molar-refractivity contribution in [2.45, 2.75) is 32.8 Å². The molecular weight excluding hydrogens is 508 g/mol. The molecule has 4 N–H and O–H groups in total. The predicted molar refractivity (Wildman–Crippen MR) is 149 cm³/mol. The van der Waals surface area contributed by atoms with E-state index < -0.39 is 0 Å². The van der Waals surface area contributed by atoms with E-state index in [0.717, 1.165) is 53.2 Å². The summed E-state index contributed by atoms with van der Waals surface area (Å²) in [6.07, 6.45) is 3.05. The average Bonchev–Trinajstić information content (AvgIpc) is 3.71. The van der Waals surface area contributed by atoms with Crippen LogP contribution < -0.4 is 15.4 Å². The maximum atomic E-state index is 9.66. The highest BCUT2D eigenvalue weighted by Gasteiger charge is 2.22. The van der Waals surface area contributed by atoms with Gasteiger partial charge in [0.15, 0.2) is 11.5 Å². The molecule has 6 rings (SSSR count). The summed E-state index contributed by atoms with van der Waals surface area (Å²) in [6, 6.07) is 13.6. The Balaban J connectivity index is 1.46. The highest BCUT2D eigenvalue weighted by atomic mass is 16.5. The van der Waals surface area contributed by atoms with Crippen molar-refractivity contribution in [2.24, 2.45) is 0 Å². The number of aryl methyl sites for hydroxylation is 2. The zero-order valence-electron chi connectivity index (χ0n) is 22.1. The van der Waals surface area contributed by atoms with E-state index >= 15 is 0 Å². The van der Waals surface area contributed by atoms with Crippen LogP contribution in [0.4, 0.5) is 11.5 Å². The topological polar surface area (TPSA) is 162 Å². The number of nitrogens with zero attached hydrogens (tertiary/aromatic N) is 7. The number of nitriles is 1. The molecule has 0 bridgehead atoms. The zero-order valence-corrected chi connectivity index (χ0v) is 22.1. The van der Waals surface area contributed by atoms with Gasteiger partial charge in [-0.1, -0.05) is 6.07 Å². The van der Waals surface area contributed by atoms with Gasteiger partial charge in [-0.25, -0.2) is 9.97 Å². The number of aromatic amines is 1. The van der Waals surface area contributed by atoms with Gasteiger partial charge in [-0.05, 0) is 63.1 Å². The lowest BCUT2D eigenvalue weighted by molar-refractivity contribution is 0.224. The Morgan fingerprint density at radius 2 is 2.10 bits per heavy atom. The largest absolute Gasteiger partial charge is 0.487 e. The van der Waals surface area contributed by atoms with E-state index in [2.05, 4.69) is 42.1 Å². The number of nitrogens with one attached hydrogen (secondary N) is 3. The molecule has 5 aromatic rings. The smallest absolute Gasteiger partial charge is 0.171 e. The molecule has 202 valence electrons. The molecule has 4 aromatic heterocycles. The van der Waals surface area contributed by atoms with Crippen LogP contribution in [0.25, 0.3) is 28.1 Å². The van der Waals surface area contributed by atoms with E-state index in [-0.39, 0.29) is 18.4 Å². The summed E-state index contributed by atoms with van der Waals surface area (Å²) in [5.74, 6) is 1.88. The van der Waals surface area contributed by atoms with Crippen LogP contribution in [0.5, 0.6) is 5.75 Å². The molecule has 0 aliphatic carbocycles. The van der Waals surface area contributed by atoms with Crippen molar-refractivity contribution in [3.8, 4) is 28.9 Å². The maximum Gasteiger partial charge on any atom is 0.171 e. The second-order valence-electron chi connectivity index (χ2n) is 9.70. The van der Waals surface area contributed by atoms with Crippen LogP contribution in [0.1, 0.15) is 29.1 Å². The van der Waals surface area contributed by atoms with Crippen LogP contribution in [-0.4, -0.2) is 65.8 Å². The lowest BCUT2D eigenvalue weighted by atomic mass is 10.0. The normalized spacial score (nSPS) is 14.9. The number of pyridine rings is 1. The Bertz CT molecular complexity index is 1710. The van der Waals surface area contributed by atoms with Gasteiger partial charge in [0, 0.05) is 24.9 Å². The highest BCUT2D eigenvalue weighted by Crippen LogP contribution is 2.35. The molecule has 40 heavy (non-hydrogen) atoms. The van der Waals surface area contributed by atoms with Crippen LogP contribution >= 0.6 is 0 Å². The van der Waals surface area contributed by atoms with E-state index in [1.54, 1.807) is 6.33 Å². The third-order valence-electron chi connectivity index (χ3n) is 6.90. The molecule has 0 amide bonds. The van der Waals surface area contributed by atoms with Gasteiger partial charge in [-0.15, -0.1) is 5.10 Å².